The van der Waals surface area contributed by atoms with Gasteiger partial charge in [-0.05, 0) is 17.7 Å². The zero-order chi connectivity index (χ0) is 10.8. The molecule has 1 aromatic heterocycles. The molecule has 0 aliphatic rings. The van der Waals surface area contributed by atoms with Crippen LogP contribution in [-0.4, -0.2) is 10.1 Å². The highest BCUT2D eigenvalue weighted by atomic mass is 35.5. The fourth-order valence-corrected chi connectivity index (χ4v) is 2.13. The highest BCUT2D eigenvalue weighted by Crippen LogP contribution is 2.28. The lowest BCUT2D eigenvalue weighted by Gasteiger charge is -2.06. The number of thiazole rings is 1. The van der Waals surface area contributed by atoms with Gasteiger partial charge in [0.2, 0.25) is 0 Å². The Morgan fingerprint density at radius 2 is 2.00 bits per heavy atom. The van der Waals surface area contributed by atoms with Crippen LogP contribution in [0.1, 0.15) is 16.7 Å². The molecule has 0 spiro atoms. The van der Waals surface area contributed by atoms with Gasteiger partial charge in [0, 0.05) is 0 Å². The van der Waals surface area contributed by atoms with E-state index in [4.69, 9.17) is 11.6 Å². The van der Waals surface area contributed by atoms with Crippen molar-refractivity contribution in [3.05, 3.63) is 51.2 Å². The number of aliphatic hydroxyl groups is 1. The van der Waals surface area contributed by atoms with Crippen LogP contribution in [-0.2, 0) is 0 Å². The standard InChI is InChI=1S/C10H7ClFNOS/c11-8-5-13-10(15-8)9(14)6-1-3-7(12)4-2-6/h1-5,9,14H. The van der Waals surface area contributed by atoms with Gasteiger partial charge < -0.3 is 5.11 Å². The molecule has 5 heteroatoms. The number of rotatable bonds is 2. The summed E-state index contributed by atoms with van der Waals surface area (Å²) in [5, 5.41) is 10.4. The number of aromatic nitrogens is 1. The topological polar surface area (TPSA) is 33.1 Å². The summed E-state index contributed by atoms with van der Waals surface area (Å²) in [6.07, 6.45) is 0.636. The molecule has 0 amide bonds. The van der Waals surface area contributed by atoms with Crippen LogP contribution in [0.5, 0.6) is 0 Å². The molecule has 0 aliphatic carbocycles. The maximum Gasteiger partial charge on any atom is 0.131 e. The summed E-state index contributed by atoms with van der Waals surface area (Å²) in [6.45, 7) is 0. The highest BCUT2D eigenvalue weighted by Gasteiger charge is 2.14. The average molecular weight is 244 g/mol. The molecule has 1 atom stereocenters. The zero-order valence-electron chi connectivity index (χ0n) is 7.52. The van der Waals surface area contributed by atoms with Crippen molar-refractivity contribution in [2.75, 3.05) is 0 Å². The van der Waals surface area contributed by atoms with Crippen LogP contribution in [0, 0.1) is 5.82 Å². The van der Waals surface area contributed by atoms with Gasteiger partial charge in [-0.15, -0.1) is 11.3 Å². The molecule has 0 saturated heterocycles. The molecule has 1 heterocycles. The summed E-state index contributed by atoms with van der Waals surface area (Å²) in [7, 11) is 0. The lowest BCUT2D eigenvalue weighted by atomic mass is 10.1. The molecule has 0 radical (unpaired) electrons. The number of hydrogen-bond donors (Lipinski definition) is 1. The second-order valence-electron chi connectivity index (χ2n) is 2.96. The van der Waals surface area contributed by atoms with E-state index in [1.54, 1.807) is 0 Å². The molecule has 0 fully saturated rings. The van der Waals surface area contributed by atoms with Crippen molar-refractivity contribution in [1.29, 1.82) is 0 Å². The molecular formula is C10H7ClFNOS. The van der Waals surface area contributed by atoms with E-state index >= 15 is 0 Å². The number of halogens is 2. The van der Waals surface area contributed by atoms with Crippen LogP contribution in [0.3, 0.4) is 0 Å². The van der Waals surface area contributed by atoms with Gasteiger partial charge in [-0.3, -0.25) is 0 Å². The minimum Gasteiger partial charge on any atom is -0.381 e. The van der Waals surface area contributed by atoms with E-state index in [1.807, 2.05) is 0 Å². The molecule has 2 aromatic rings. The Bertz CT molecular complexity index is 457. The van der Waals surface area contributed by atoms with Crippen LogP contribution in [0.2, 0.25) is 4.34 Å². The molecular weight excluding hydrogens is 237 g/mol. The first kappa shape index (κ1) is 10.5. The summed E-state index contributed by atoms with van der Waals surface area (Å²) in [5.41, 5.74) is 0.599. The molecule has 0 aliphatic heterocycles. The first-order chi connectivity index (χ1) is 7.16. The second-order valence-corrected chi connectivity index (χ2v) is 4.65. The van der Waals surface area contributed by atoms with Crippen LogP contribution in [0.25, 0.3) is 0 Å². The molecule has 78 valence electrons. The molecule has 1 aromatic carbocycles. The summed E-state index contributed by atoms with van der Waals surface area (Å²) in [5.74, 6) is -0.330. The lowest BCUT2D eigenvalue weighted by molar-refractivity contribution is 0.219. The van der Waals surface area contributed by atoms with Gasteiger partial charge in [-0.1, -0.05) is 23.7 Å². The van der Waals surface area contributed by atoms with Crippen LogP contribution in [0.15, 0.2) is 30.5 Å². The Kier molecular flexibility index (Phi) is 3.00. The quantitative estimate of drug-likeness (QED) is 0.880. The SMILES string of the molecule is OC(c1ccc(F)cc1)c1ncc(Cl)s1. The van der Waals surface area contributed by atoms with Gasteiger partial charge in [0.15, 0.2) is 0 Å². The van der Waals surface area contributed by atoms with E-state index in [1.165, 1.54) is 41.8 Å². The summed E-state index contributed by atoms with van der Waals surface area (Å²) < 4.78 is 13.2. The number of benzene rings is 1. The van der Waals surface area contributed by atoms with Crippen LogP contribution < -0.4 is 0 Å². The molecule has 1 N–H and O–H groups in total. The van der Waals surface area contributed by atoms with E-state index in [0.29, 0.717) is 14.9 Å². The molecule has 2 nitrogen and oxygen atoms in total. The Morgan fingerprint density at radius 3 is 2.53 bits per heavy atom. The van der Waals surface area contributed by atoms with Crippen LogP contribution in [0.4, 0.5) is 4.39 Å². The molecule has 0 saturated carbocycles. The number of aliphatic hydroxyl groups excluding tert-OH is 1. The summed E-state index contributed by atoms with van der Waals surface area (Å²) >= 11 is 6.91. The van der Waals surface area contributed by atoms with Gasteiger partial charge in [-0.2, -0.15) is 0 Å². The summed E-state index contributed by atoms with van der Waals surface area (Å²) in [4.78, 5) is 3.96. The van der Waals surface area contributed by atoms with Crippen LogP contribution >= 0.6 is 22.9 Å². The Labute approximate surface area is 95.0 Å². The van der Waals surface area contributed by atoms with Gasteiger partial charge in [0.1, 0.15) is 21.3 Å². The Morgan fingerprint density at radius 1 is 1.33 bits per heavy atom. The normalized spacial score (nSPS) is 12.7. The van der Waals surface area contributed by atoms with Crippen molar-refractivity contribution in [1.82, 2.24) is 4.98 Å². The van der Waals surface area contributed by atoms with Crippen molar-refractivity contribution >= 4 is 22.9 Å². The molecule has 0 bridgehead atoms. The molecule has 1 unspecified atom stereocenters. The third-order valence-corrected chi connectivity index (χ3v) is 3.08. The fraction of sp³-hybridized carbons (Fsp3) is 0.100. The smallest absolute Gasteiger partial charge is 0.131 e. The zero-order valence-corrected chi connectivity index (χ0v) is 9.10. The van der Waals surface area contributed by atoms with Gasteiger partial charge in [0.05, 0.1) is 6.20 Å². The third-order valence-electron chi connectivity index (χ3n) is 1.92. The maximum atomic E-state index is 12.6. The molecule has 2 rings (SSSR count). The van der Waals surface area contributed by atoms with Crippen molar-refractivity contribution in [3.8, 4) is 0 Å². The van der Waals surface area contributed by atoms with E-state index in [-0.39, 0.29) is 5.82 Å². The average Bonchev–Trinajstić information content (AvgIpc) is 2.65. The third kappa shape index (κ3) is 2.34. The summed E-state index contributed by atoms with van der Waals surface area (Å²) in [6, 6.07) is 5.64. The fourth-order valence-electron chi connectivity index (χ4n) is 1.18. The highest BCUT2D eigenvalue weighted by molar-refractivity contribution is 7.15. The van der Waals surface area contributed by atoms with E-state index in [0.717, 1.165) is 0 Å². The van der Waals surface area contributed by atoms with Gasteiger partial charge in [0.25, 0.3) is 0 Å². The van der Waals surface area contributed by atoms with Crippen molar-refractivity contribution in [2.45, 2.75) is 6.10 Å². The lowest BCUT2D eigenvalue weighted by Crippen LogP contribution is -1.98. The van der Waals surface area contributed by atoms with Crippen molar-refractivity contribution in [3.63, 3.8) is 0 Å². The van der Waals surface area contributed by atoms with E-state index in [9.17, 15) is 9.50 Å². The molecule has 15 heavy (non-hydrogen) atoms. The maximum absolute atomic E-state index is 12.6. The van der Waals surface area contributed by atoms with Crippen molar-refractivity contribution in [2.24, 2.45) is 0 Å². The first-order valence-corrected chi connectivity index (χ1v) is 5.41. The number of nitrogens with zero attached hydrogens (tertiary/aromatic N) is 1. The first-order valence-electron chi connectivity index (χ1n) is 4.21. The van der Waals surface area contributed by atoms with E-state index in [2.05, 4.69) is 4.98 Å². The largest absolute Gasteiger partial charge is 0.381 e. The minimum absolute atomic E-state index is 0.330. The predicted octanol–water partition coefficient (Wildman–Crippen LogP) is 3.02. The van der Waals surface area contributed by atoms with Gasteiger partial charge in [-0.25, -0.2) is 9.37 Å². The second kappa shape index (κ2) is 4.26. The number of hydrogen-bond acceptors (Lipinski definition) is 3. The monoisotopic (exact) mass is 243 g/mol. The minimum atomic E-state index is -0.844. The van der Waals surface area contributed by atoms with Gasteiger partial charge >= 0.3 is 0 Å². The van der Waals surface area contributed by atoms with Crippen molar-refractivity contribution < 1.29 is 9.50 Å². The Balaban J connectivity index is 2.28. The Hall–Kier alpha value is -0.970. The van der Waals surface area contributed by atoms with E-state index < -0.39 is 6.10 Å². The predicted molar refractivity (Wildman–Crippen MR) is 57.6 cm³/mol.